The van der Waals surface area contributed by atoms with Crippen LogP contribution in [0, 0.1) is 13.8 Å². The van der Waals surface area contributed by atoms with E-state index in [9.17, 15) is 4.79 Å². The molecule has 0 bridgehead atoms. The number of hydrogen-bond donors (Lipinski definition) is 0. The molecule has 5 aromatic rings. The van der Waals surface area contributed by atoms with E-state index >= 15 is 0 Å². The van der Waals surface area contributed by atoms with Crippen LogP contribution >= 0.6 is 0 Å². The molecule has 1 atom stereocenters. The van der Waals surface area contributed by atoms with Gasteiger partial charge in [0.15, 0.2) is 5.65 Å². The van der Waals surface area contributed by atoms with Crippen molar-refractivity contribution in [3.05, 3.63) is 103 Å². The van der Waals surface area contributed by atoms with Crippen molar-refractivity contribution >= 4 is 35.7 Å². The second kappa shape index (κ2) is 13.7. The van der Waals surface area contributed by atoms with Crippen molar-refractivity contribution in [2.24, 2.45) is 0 Å². The van der Waals surface area contributed by atoms with E-state index in [4.69, 9.17) is 18.6 Å². The highest BCUT2D eigenvalue weighted by atomic mass is 28.4. The summed E-state index contributed by atoms with van der Waals surface area (Å²) in [6, 6.07) is 27.0. The Morgan fingerprint density at radius 2 is 1.58 bits per heavy atom. The van der Waals surface area contributed by atoms with Crippen molar-refractivity contribution in [1.82, 2.24) is 19.7 Å². The molecule has 9 nitrogen and oxygen atoms in total. The monoisotopic (exact) mass is 624 g/mol. The first-order valence-electron chi connectivity index (χ1n) is 15.0. The van der Waals surface area contributed by atoms with Crippen molar-refractivity contribution < 1.29 is 23.4 Å². The normalized spacial score (nSPS) is 12.7. The summed E-state index contributed by atoms with van der Waals surface area (Å²) in [4.78, 5) is 21.5. The predicted molar refractivity (Wildman–Crippen MR) is 177 cm³/mol. The molecular weight excluding hydrogens is 584 g/mol. The molecule has 2 heterocycles. The van der Waals surface area contributed by atoms with Crippen LogP contribution in [0.15, 0.2) is 91.4 Å². The van der Waals surface area contributed by atoms with E-state index < -0.39 is 20.4 Å². The van der Waals surface area contributed by atoms with Gasteiger partial charge in [0.05, 0.1) is 38.8 Å². The van der Waals surface area contributed by atoms with Crippen LogP contribution < -0.4 is 15.1 Å². The second-order valence-corrected chi connectivity index (χ2v) is 16.3. The first-order chi connectivity index (χ1) is 21.7. The van der Waals surface area contributed by atoms with E-state index in [0.717, 1.165) is 16.8 Å². The number of carbonyl (C=O) groups excluding carboxylic acids is 1. The maximum Gasteiger partial charge on any atom is 0.349 e. The lowest BCUT2D eigenvalue weighted by molar-refractivity contribution is -0.152. The average Bonchev–Trinajstić information content (AvgIpc) is 3.48. The van der Waals surface area contributed by atoms with Gasteiger partial charge in [-0.15, -0.1) is 0 Å². The highest BCUT2D eigenvalue weighted by Crippen LogP contribution is 2.36. The minimum atomic E-state index is -2.71. The number of benzene rings is 3. The van der Waals surface area contributed by atoms with Crippen LogP contribution in [0.1, 0.15) is 31.9 Å². The summed E-state index contributed by atoms with van der Waals surface area (Å²) in [5.74, 6) is -0.351. The molecule has 2 aromatic heterocycles. The molecule has 0 radical (unpaired) electrons. The summed E-state index contributed by atoms with van der Waals surface area (Å²) in [5, 5.41) is 7.34. The van der Waals surface area contributed by atoms with Crippen molar-refractivity contribution in [2.45, 2.75) is 45.8 Å². The Balaban J connectivity index is 1.32. The Morgan fingerprint density at radius 3 is 2.20 bits per heavy atom. The minimum absolute atomic E-state index is 0.0482. The quantitative estimate of drug-likeness (QED) is 0.109. The highest BCUT2D eigenvalue weighted by molar-refractivity contribution is 6.99. The zero-order valence-corrected chi connectivity index (χ0v) is 27.7. The Bertz CT molecular complexity index is 1700. The van der Waals surface area contributed by atoms with Crippen molar-refractivity contribution in [3.63, 3.8) is 0 Å². The number of fused-ring (bicyclic) bond motifs is 1. The van der Waals surface area contributed by atoms with Crippen molar-refractivity contribution in [2.75, 3.05) is 26.9 Å². The van der Waals surface area contributed by atoms with E-state index in [1.54, 1.807) is 10.9 Å². The fourth-order valence-electron chi connectivity index (χ4n) is 5.66. The van der Waals surface area contributed by atoms with Gasteiger partial charge < -0.3 is 18.6 Å². The van der Waals surface area contributed by atoms with Gasteiger partial charge in [-0.05, 0) is 46.5 Å². The number of rotatable bonds is 12. The number of carbonyl (C=O) groups is 1. The van der Waals surface area contributed by atoms with Gasteiger partial charge in [-0.3, -0.25) is 0 Å². The number of aryl methyl sites for hydroxylation is 2. The van der Waals surface area contributed by atoms with Crippen molar-refractivity contribution in [1.29, 1.82) is 0 Å². The molecule has 0 aliphatic carbocycles. The SMILES string of the molecule is COC(=O)C(COCCO[Si](c1ccccc1)(c1ccccc1)C(C)(C)C)Oc1ncnc2c1cnn2-c1cc(C)ccc1C. The first kappa shape index (κ1) is 32.0. The van der Waals surface area contributed by atoms with E-state index in [0.29, 0.717) is 17.6 Å². The Morgan fingerprint density at radius 1 is 0.911 bits per heavy atom. The van der Waals surface area contributed by atoms with Gasteiger partial charge >= 0.3 is 5.97 Å². The van der Waals surface area contributed by atoms with Crippen LogP contribution in [0.4, 0.5) is 0 Å². The fourth-order valence-corrected chi connectivity index (χ4v) is 10.2. The zero-order chi connectivity index (χ0) is 32.0. The maximum atomic E-state index is 12.8. The molecule has 0 spiro atoms. The highest BCUT2D eigenvalue weighted by Gasteiger charge is 2.50. The number of esters is 1. The molecule has 0 N–H and O–H groups in total. The minimum Gasteiger partial charge on any atom is -0.466 e. The molecule has 10 heteroatoms. The van der Waals surface area contributed by atoms with Crippen LogP contribution in [0.25, 0.3) is 16.7 Å². The van der Waals surface area contributed by atoms with Gasteiger partial charge in [-0.2, -0.15) is 5.10 Å². The Labute approximate surface area is 265 Å². The molecule has 0 saturated carbocycles. The first-order valence-corrected chi connectivity index (χ1v) is 16.9. The standard InChI is InChI=1S/C35H40N4O5Si/c1-25-17-18-26(2)30(21-25)39-32-29(22-38-39)33(37-24-36-32)44-31(34(40)41-6)23-42-19-20-43-45(35(3,4)5,27-13-9-7-10-14-27)28-15-11-8-12-16-28/h7-18,21-22,24,31H,19-20,23H2,1-6H3. The van der Waals surface area contributed by atoms with Gasteiger partial charge in [0.2, 0.25) is 12.0 Å². The smallest absolute Gasteiger partial charge is 0.349 e. The van der Waals surface area contributed by atoms with Crippen LogP contribution in [-0.4, -0.2) is 67.1 Å². The number of aromatic nitrogens is 4. The molecule has 0 aliphatic rings. The zero-order valence-electron chi connectivity index (χ0n) is 26.7. The molecule has 0 fully saturated rings. The number of ether oxygens (including phenoxy) is 3. The largest absolute Gasteiger partial charge is 0.466 e. The van der Waals surface area contributed by atoms with E-state index in [1.165, 1.54) is 23.8 Å². The lowest BCUT2D eigenvalue weighted by Gasteiger charge is -2.43. The summed E-state index contributed by atoms with van der Waals surface area (Å²) in [7, 11) is -1.39. The van der Waals surface area contributed by atoms with E-state index in [-0.39, 0.29) is 24.1 Å². The van der Waals surface area contributed by atoms with Gasteiger partial charge in [0, 0.05) is 0 Å². The van der Waals surface area contributed by atoms with Crippen LogP contribution in [0.3, 0.4) is 0 Å². The third kappa shape index (κ3) is 6.68. The van der Waals surface area contributed by atoms with Crippen LogP contribution in [-0.2, 0) is 18.7 Å². The number of hydrogen-bond acceptors (Lipinski definition) is 8. The van der Waals surface area contributed by atoms with E-state index in [2.05, 4.69) is 90.4 Å². The van der Waals surface area contributed by atoms with Crippen LogP contribution in [0.2, 0.25) is 5.04 Å². The van der Waals surface area contributed by atoms with Crippen molar-refractivity contribution in [3.8, 4) is 11.6 Å². The lowest BCUT2D eigenvalue weighted by Crippen LogP contribution is -2.66. The number of methoxy groups -OCH3 is 1. The topological polar surface area (TPSA) is 97.6 Å². The summed E-state index contributed by atoms with van der Waals surface area (Å²) >= 11 is 0. The predicted octanol–water partition coefficient (Wildman–Crippen LogP) is 4.95. The summed E-state index contributed by atoms with van der Waals surface area (Å²) in [6.45, 7) is 11.3. The molecule has 1 unspecified atom stereocenters. The number of nitrogens with zero attached hydrogens (tertiary/aromatic N) is 4. The third-order valence-electron chi connectivity index (χ3n) is 7.87. The Kier molecular flexibility index (Phi) is 9.76. The molecule has 0 amide bonds. The fraction of sp³-hybridized carbons (Fsp3) is 0.314. The molecule has 0 saturated heterocycles. The molecular formula is C35H40N4O5Si. The second-order valence-electron chi connectivity index (χ2n) is 12.0. The third-order valence-corrected chi connectivity index (χ3v) is 12.9. The van der Waals surface area contributed by atoms with Gasteiger partial charge in [0.1, 0.15) is 11.7 Å². The van der Waals surface area contributed by atoms with Gasteiger partial charge in [0.25, 0.3) is 8.32 Å². The lowest BCUT2D eigenvalue weighted by atomic mass is 10.1. The van der Waals surface area contributed by atoms with E-state index in [1.807, 2.05) is 38.1 Å². The molecule has 5 rings (SSSR count). The molecule has 45 heavy (non-hydrogen) atoms. The van der Waals surface area contributed by atoms with Gasteiger partial charge in [-0.1, -0.05) is 93.6 Å². The summed E-state index contributed by atoms with van der Waals surface area (Å²) in [5.41, 5.74) is 3.62. The average molecular weight is 625 g/mol. The van der Waals surface area contributed by atoms with Crippen LogP contribution in [0.5, 0.6) is 5.88 Å². The maximum absolute atomic E-state index is 12.8. The molecule has 3 aromatic carbocycles. The summed E-state index contributed by atoms with van der Waals surface area (Å²) < 4.78 is 25.8. The molecule has 0 aliphatic heterocycles. The Hall–Kier alpha value is -4.38. The molecule has 234 valence electrons. The van der Waals surface area contributed by atoms with Gasteiger partial charge in [-0.25, -0.2) is 19.4 Å². The summed E-state index contributed by atoms with van der Waals surface area (Å²) in [6.07, 6.45) is 1.98.